The minimum atomic E-state index is -3.71. The van der Waals surface area contributed by atoms with E-state index in [0.717, 1.165) is 34.8 Å². The molecule has 1 unspecified atom stereocenters. The Kier molecular flexibility index (Phi) is 12.1. The first-order chi connectivity index (χ1) is 23.9. The first-order valence-electron chi connectivity index (χ1n) is 16.9. The Labute approximate surface area is 295 Å². The fraction of sp³-hybridized carbons (Fsp3) is 0.333. The third-order valence-corrected chi connectivity index (χ3v) is 10.3. The van der Waals surface area contributed by atoms with Crippen molar-refractivity contribution < 1.29 is 23.1 Å². The lowest BCUT2D eigenvalue weighted by Gasteiger charge is -2.41. The van der Waals surface area contributed by atoms with Crippen molar-refractivity contribution in [1.82, 2.24) is 20.9 Å². The average molecular weight is 698 g/mol. The summed E-state index contributed by atoms with van der Waals surface area (Å²) in [6.45, 7) is 6.04. The Morgan fingerprint density at radius 2 is 1.40 bits per heavy atom. The molecule has 1 fully saturated rings. The maximum atomic E-state index is 14.1. The van der Waals surface area contributed by atoms with Crippen molar-refractivity contribution in [3.8, 4) is 0 Å². The number of nitrogens with zero attached hydrogens (tertiary/aromatic N) is 2. The summed E-state index contributed by atoms with van der Waals surface area (Å²) in [7, 11) is -2.34. The first-order valence-corrected chi connectivity index (χ1v) is 18.7. The van der Waals surface area contributed by atoms with Gasteiger partial charge < -0.3 is 21.1 Å². The molecule has 1 saturated heterocycles. The molecule has 50 heavy (non-hydrogen) atoms. The van der Waals surface area contributed by atoms with Crippen LogP contribution in [-0.2, 0) is 23.0 Å². The molecule has 4 N–H and O–H groups in total. The van der Waals surface area contributed by atoms with Gasteiger partial charge in [-0.1, -0.05) is 91.0 Å². The first kappa shape index (κ1) is 36.7. The summed E-state index contributed by atoms with van der Waals surface area (Å²) in [6.07, 6.45) is 0.434. The Morgan fingerprint density at radius 3 is 1.98 bits per heavy atom. The van der Waals surface area contributed by atoms with Crippen LogP contribution in [0.1, 0.15) is 57.3 Å². The highest BCUT2D eigenvalue weighted by molar-refractivity contribution is 7.92. The maximum absolute atomic E-state index is 14.1. The predicted octanol–water partition coefficient (Wildman–Crippen LogP) is 4.14. The summed E-state index contributed by atoms with van der Waals surface area (Å²) >= 11 is 0. The Hall–Kier alpha value is -4.55. The highest BCUT2D eigenvalue weighted by Crippen LogP contribution is 2.23. The zero-order valence-corrected chi connectivity index (χ0v) is 29.8. The normalized spacial score (nSPS) is 18.4. The maximum Gasteiger partial charge on any atom is 0.251 e. The van der Waals surface area contributed by atoms with Gasteiger partial charge >= 0.3 is 0 Å². The second-order valence-electron chi connectivity index (χ2n) is 13.2. The van der Waals surface area contributed by atoms with Crippen LogP contribution in [0, 0.1) is 0 Å². The van der Waals surface area contributed by atoms with E-state index in [-0.39, 0.29) is 34.9 Å². The molecule has 5 rings (SSSR count). The molecule has 0 aromatic heterocycles. The number of rotatable bonds is 13. The molecule has 1 heterocycles. The molecule has 1 aliphatic heterocycles. The summed E-state index contributed by atoms with van der Waals surface area (Å²) in [6, 6.07) is 32.3. The molecule has 4 aromatic rings. The number of benzene rings is 4. The minimum Gasteiger partial charge on any atom is -0.389 e. The molecule has 11 heteroatoms. The minimum absolute atomic E-state index is 0.0939. The van der Waals surface area contributed by atoms with Gasteiger partial charge in [0.15, 0.2) is 0 Å². The number of nitrogens with one attached hydrogen (secondary N) is 3. The van der Waals surface area contributed by atoms with Gasteiger partial charge in [-0.05, 0) is 55.2 Å². The van der Waals surface area contributed by atoms with Crippen LogP contribution in [0.2, 0.25) is 0 Å². The summed E-state index contributed by atoms with van der Waals surface area (Å²) in [5.74, 6) is -0.997. The Bertz CT molecular complexity index is 1840. The van der Waals surface area contributed by atoms with Crippen LogP contribution in [0.25, 0.3) is 0 Å². The quantitative estimate of drug-likeness (QED) is 0.165. The fourth-order valence-electron chi connectivity index (χ4n) is 6.40. The van der Waals surface area contributed by atoms with E-state index in [9.17, 15) is 23.1 Å². The van der Waals surface area contributed by atoms with Crippen molar-refractivity contribution in [2.75, 3.05) is 30.7 Å². The number of aliphatic hydroxyl groups is 1. The summed E-state index contributed by atoms with van der Waals surface area (Å²) in [5, 5.41) is 21.5. The smallest absolute Gasteiger partial charge is 0.251 e. The molecular formula is C39H47N5O5S. The van der Waals surface area contributed by atoms with Gasteiger partial charge in [-0.3, -0.25) is 18.8 Å². The van der Waals surface area contributed by atoms with Gasteiger partial charge in [0, 0.05) is 49.9 Å². The molecule has 0 saturated carbocycles. The highest BCUT2D eigenvalue weighted by atomic mass is 32.2. The zero-order chi connectivity index (χ0) is 35.8. The molecule has 10 nitrogen and oxygen atoms in total. The van der Waals surface area contributed by atoms with E-state index < -0.39 is 34.0 Å². The number of hydrogen-bond acceptors (Lipinski definition) is 7. The van der Waals surface area contributed by atoms with Gasteiger partial charge in [0.25, 0.3) is 11.8 Å². The van der Waals surface area contributed by atoms with Crippen molar-refractivity contribution in [2.45, 2.75) is 57.1 Å². The van der Waals surface area contributed by atoms with Crippen molar-refractivity contribution in [3.63, 3.8) is 0 Å². The van der Waals surface area contributed by atoms with Gasteiger partial charge in [-0.15, -0.1) is 0 Å². The molecule has 0 spiro atoms. The Morgan fingerprint density at radius 1 is 0.860 bits per heavy atom. The van der Waals surface area contributed by atoms with Crippen LogP contribution >= 0.6 is 0 Å². The largest absolute Gasteiger partial charge is 0.389 e. The molecule has 1 aliphatic rings. The number of hydrogen-bond donors (Lipinski definition) is 4. The number of aliphatic hydroxyl groups excluding tert-OH is 1. The third-order valence-electron chi connectivity index (χ3n) is 9.12. The lowest BCUT2D eigenvalue weighted by atomic mass is 9.93. The van der Waals surface area contributed by atoms with Gasteiger partial charge in [-0.2, -0.15) is 0 Å². The van der Waals surface area contributed by atoms with Crippen LogP contribution in [-0.4, -0.2) is 80.9 Å². The molecule has 4 aromatic carbocycles. The van der Waals surface area contributed by atoms with E-state index in [1.54, 1.807) is 0 Å². The van der Waals surface area contributed by atoms with Gasteiger partial charge in [-0.25, -0.2) is 8.42 Å². The number of piperazine rings is 1. The summed E-state index contributed by atoms with van der Waals surface area (Å²) in [4.78, 5) is 29.9. The highest BCUT2D eigenvalue weighted by Gasteiger charge is 2.35. The van der Waals surface area contributed by atoms with E-state index in [2.05, 4.69) is 39.9 Å². The zero-order valence-electron chi connectivity index (χ0n) is 29.0. The molecule has 264 valence electrons. The average Bonchev–Trinajstić information content (AvgIpc) is 3.11. The molecule has 5 atom stereocenters. The van der Waals surface area contributed by atoms with Gasteiger partial charge in [0.05, 0.1) is 30.1 Å². The summed E-state index contributed by atoms with van der Waals surface area (Å²) in [5.41, 5.74) is 3.40. The van der Waals surface area contributed by atoms with Crippen LogP contribution in [0.3, 0.4) is 0 Å². The number of sulfonamides is 1. The molecule has 0 bridgehead atoms. The van der Waals surface area contributed by atoms with Crippen molar-refractivity contribution in [3.05, 3.63) is 137 Å². The standard InChI is InChI=1S/C39H47N5O5S/c1-27-24-44(25-30-16-10-6-11-17-30)26-36(40-27)37(45)35(20-29-14-8-5-9-15-29)42-39(47)33-21-32(22-34(23-33)43(3)50(4,48)49)38(46)41-28(2)31-18-12-7-13-19-31/h5-19,21-23,27-28,35-37,40,45H,20,24-26H2,1-4H3,(H,41,46)(H,42,47)/t27?,28-,35+,36-,37+/m1/s1. The van der Waals surface area contributed by atoms with E-state index in [4.69, 9.17) is 0 Å². The molecular weight excluding hydrogens is 651 g/mol. The van der Waals surface area contributed by atoms with Crippen LogP contribution < -0.4 is 20.3 Å². The van der Waals surface area contributed by atoms with E-state index in [1.165, 1.54) is 30.8 Å². The predicted molar refractivity (Wildman–Crippen MR) is 198 cm³/mol. The number of carbonyl (C=O) groups excluding carboxylic acids is 2. The van der Waals surface area contributed by atoms with Crippen molar-refractivity contribution in [1.29, 1.82) is 0 Å². The molecule has 0 radical (unpaired) electrons. The lowest BCUT2D eigenvalue weighted by Crippen LogP contribution is -2.63. The van der Waals surface area contributed by atoms with Crippen LogP contribution in [0.4, 0.5) is 5.69 Å². The van der Waals surface area contributed by atoms with Gasteiger partial charge in [0.1, 0.15) is 0 Å². The Balaban J connectivity index is 1.42. The number of amides is 2. The van der Waals surface area contributed by atoms with Crippen molar-refractivity contribution in [2.24, 2.45) is 0 Å². The lowest BCUT2D eigenvalue weighted by molar-refractivity contribution is 0.0362. The van der Waals surface area contributed by atoms with Crippen LogP contribution in [0.5, 0.6) is 0 Å². The molecule has 2 amide bonds. The molecule has 0 aliphatic carbocycles. The van der Waals surface area contributed by atoms with E-state index in [1.807, 2.05) is 85.8 Å². The fourth-order valence-corrected chi connectivity index (χ4v) is 6.89. The van der Waals surface area contributed by atoms with Crippen LogP contribution in [0.15, 0.2) is 109 Å². The second kappa shape index (κ2) is 16.4. The number of anilines is 1. The third kappa shape index (κ3) is 9.79. The van der Waals surface area contributed by atoms with E-state index >= 15 is 0 Å². The SMILES string of the molecule is CC1CN(Cc2ccccc2)C[C@H]([C@@H](O)[C@H](Cc2ccccc2)NC(=O)c2cc(C(=O)N[C@H](C)c3ccccc3)cc(N(C)S(C)(=O)=O)c2)N1. The summed E-state index contributed by atoms with van der Waals surface area (Å²) < 4.78 is 26.1. The number of carbonyl (C=O) groups is 2. The topological polar surface area (TPSA) is 131 Å². The van der Waals surface area contributed by atoms with Crippen molar-refractivity contribution >= 4 is 27.5 Å². The second-order valence-corrected chi connectivity index (χ2v) is 15.2. The van der Waals surface area contributed by atoms with Gasteiger partial charge in [0.2, 0.25) is 10.0 Å². The van der Waals surface area contributed by atoms with E-state index in [0.29, 0.717) is 13.0 Å². The monoisotopic (exact) mass is 697 g/mol.